The topological polar surface area (TPSA) is 81.4 Å². The Kier molecular flexibility index (Phi) is 5.64. The number of ether oxygens (including phenoxy) is 1. The third kappa shape index (κ3) is 4.33. The zero-order valence-corrected chi connectivity index (χ0v) is 16.9. The van der Waals surface area contributed by atoms with Crippen molar-refractivity contribution in [2.45, 2.75) is 5.16 Å². The summed E-state index contributed by atoms with van der Waals surface area (Å²) in [5.41, 5.74) is 2.91. The molecule has 0 bridgehead atoms. The summed E-state index contributed by atoms with van der Waals surface area (Å²) < 4.78 is 6.88. The fraction of sp³-hybridized carbons (Fsp3) is 0.100. The predicted octanol–water partition coefficient (Wildman–Crippen LogP) is 4.18. The van der Waals surface area contributed by atoms with Gasteiger partial charge in [0.1, 0.15) is 5.75 Å². The van der Waals surface area contributed by atoms with Crippen molar-refractivity contribution >= 4 is 40.6 Å². The van der Waals surface area contributed by atoms with E-state index in [0.29, 0.717) is 27.3 Å². The molecule has 1 N–H and O–H groups in total. The van der Waals surface area contributed by atoms with E-state index in [0.717, 1.165) is 11.3 Å². The van der Waals surface area contributed by atoms with Gasteiger partial charge >= 0.3 is 0 Å². The van der Waals surface area contributed by atoms with Gasteiger partial charge in [0, 0.05) is 10.6 Å². The number of nitrogens with one attached hydrogen (secondary N) is 1. The van der Waals surface area contributed by atoms with Crippen LogP contribution in [0, 0.1) is 0 Å². The number of thioether (sulfide) groups is 1. The molecule has 0 aliphatic rings. The number of nitrogens with zero attached hydrogens (tertiary/aromatic N) is 4. The van der Waals surface area contributed by atoms with Crippen molar-refractivity contribution in [3.8, 4) is 17.0 Å². The Labute approximate surface area is 176 Å². The lowest BCUT2D eigenvalue weighted by atomic mass is 10.1. The zero-order valence-electron chi connectivity index (χ0n) is 15.4. The fourth-order valence-electron chi connectivity index (χ4n) is 2.70. The first-order valence-corrected chi connectivity index (χ1v) is 10.0. The highest BCUT2D eigenvalue weighted by Crippen LogP contribution is 2.25. The SMILES string of the molecule is COc1ccccc1NC(=O)CSc1nnc2ccc(-c3ccc(Cl)cc3)nn12. The van der Waals surface area contributed by atoms with Crippen molar-refractivity contribution in [1.82, 2.24) is 19.8 Å². The Bertz CT molecular complexity index is 1160. The van der Waals surface area contributed by atoms with Gasteiger partial charge in [-0.25, -0.2) is 0 Å². The molecule has 4 aromatic rings. The number of para-hydroxylation sites is 2. The standard InChI is InChI=1S/C20H16ClN5O2S/c1-28-17-5-3-2-4-16(17)22-19(27)12-29-20-24-23-18-11-10-15(25-26(18)20)13-6-8-14(21)9-7-13/h2-11H,12H2,1H3,(H,22,27). The van der Waals surface area contributed by atoms with Gasteiger partial charge in [-0.1, -0.05) is 47.6 Å². The highest BCUT2D eigenvalue weighted by atomic mass is 35.5. The van der Waals surface area contributed by atoms with Gasteiger partial charge in [0.15, 0.2) is 5.65 Å². The van der Waals surface area contributed by atoms with Gasteiger partial charge in [-0.2, -0.15) is 9.61 Å². The number of methoxy groups -OCH3 is 1. The normalized spacial score (nSPS) is 10.8. The minimum atomic E-state index is -0.176. The lowest BCUT2D eigenvalue weighted by Crippen LogP contribution is -2.15. The second-order valence-electron chi connectivity index (χ2n) is 6.02. The molecule has 0 saturated heterocycles. The summed E-state index contributed by atoms with van der Waals surface area (Å²) in [5, 5.41) is 16.9. The quantitative estimate of drug-likeness (QED) is 0.466. The van der Waals surface area contributed by atoms with Gasteiger partial charge in [-0.3, -0.25) is 4.79 Å². The van der Waals surface area contributed by atoms with Gasteiger partial charge in [0.25, 0.3) is 0 Å². The highest BCUT2D eigenvalue weighted by Gasteiger charge is 2.13. The van der Waals surface area contributed by atoms with Gasteiger partial charge in [0.05, 0.1) is 24.2 Å². The number of halogens is 1. The number of aromatic nitrogens is 4. The van der Waals surface area contributed by atoms with Crippen molar-refractivity contribution in [1.29, 1.82) is 0 Å². The number of amides is 1. The van der Waals surface area contributed by atoms with Crippen LogP contribution in [0.15, 0.2) is 65.8 Å². The summed E-state index contributed by atoms with van der Waals surface area (Å²) in [7, 11) is 1.56. The molecular weight excluding hydrogens is 410 g/mol. The lowest BCUT2D eigenvalue weighted by Gasteiger charge is -2.09. The zero-order chi connectivity index (χ0) is 20.2. The number of benzene rings is 2. The first kappa shape index (κ1) is 19.2. The second kappa shape index (κ2) is 8.50. The van der Waals surface area contributed by atoms with Crippen LogP contribution < -0.4 is 10.1 Å². The number of carbonyl (C=O) groups excluding carboxylic acids is 1. The minimum absolute atomic E-state index is 0.158. The molecule has 1 amide bonds. The van der Waals surface area contributed by atoms with Crippen LogP contribution >= 0.6 is 23.4 Å². The highest BCUT2D eigenvalue weighted by molar-refractivity contribution is 7.99. The molecule has 146 valence electrons. The van der Waals surface area contributed by atoms with Crippen LogP contribution in [0.1, 0.15) is 0 Å². The molecule has 2 aromatic carbocycles. The maximum atomic E-state index is 12.4. The van der Waals surface area contributed by atoms with E-state index in [4.69, 9.17) is 16.3 Å². The minimum Gasteiger partial charge on any atom is -0.495 e. The van der Waals surface area contributed by atoms with Crippen molar-refractivity contribution in [3.05, 3.63) is 65.7 Å². The fourth-order valence-corrected chi connectivity index (χ4v) is 3.51. The summed E-state index contributed by atoms with van der Waals surface area (Å²) >= 11 is 7.21. The van der Waals surface area contributed by atoms with Crippen LogP contribution in [0.2, 0.25) is 5.02 Å². The van der Waals surface area contributed by atoms with E-state index in [1.807, 2.05) is 48.5 Å². The molecule has 0 aliphatic heterocycles. The summed E-state index contributed by atoms with van der Waals surface area (Å²) in [6, 6.07) is 18.4. The molecule has 0 atom stereocenters. The molecule has 9 heteroatoms. The van der Waals surface area contributed by atoms with Crippen molar-refractivity contribution in [3.63, 3.8) is 0 Å². The average molecular weight is 426 g/mol. The summed E-state index contributed by atoms with van der Waals surface area (Å²) in [5.74, 6) is 0.587. The molecule has 4 rings (SSSR count). The lowest BCUT2D eigenvalue weighted by molar-refractivity contribution is -0.113. The summed E-state index contributed by atoms with van der Waals surface area (Å²) in [6.45, 7) is 0. The van der Waals surface area contributed by atoms with Crippen LogP contribution in [0.5, 0.6) is 5.75 Å². The van der Waals surface area contributed by atoms with Crippen molar-refractivity contribution in [2.75, 3.05) is 18.2 Å². The van der Waals surface area contributed by atoms with Gasteiger partial charge in [0.2, 0.25) is 11.1 Å². The van der Waals surface area contributed by atoms with Crippen molar-refractivity contribution < 1.29 is 9.53 Å². The molecule has 0 saturated carbocycles. The van der Waals surface area contributed by atoms with E-state index in [2.05, 4.69) is 20.6 Å². The first-order valence-electron chi connectivity index (χ1n) is 8.68. The van der Waals surface area contributed by atoms with Crippen LogP contribution in [0.25, 0.3) is 16.9 Å². The third-order valence-corrected chi connectivity index (χ3v) is 5.26. The van der Waals surface area contributed by atoms with E-state index in [1.54, 1.807) is 23.8 Å². The number of carbonyl (C=O) groups is 1. The average Bonchev–Trinajstić information content (AvgIpc) is 3.15. The van der Waals surface area contributed by atoms with Gasteiger partial charge in [-0.15, -0.1) is 10.2 Å². The Hall–Kier alpha value is -3.10. The molecular formula is C20H16ClN5O2S. The Morgan fingerprint density at radius 1 is 1.10 bits per heavy atom. The molecule has 29 heavy (non-hydrogen) atoms. The molecule has 0 fully saturated rings. The monoisotopic (exact) mass is 425 g/mol. The molecule has 0 spiro atoms. The third-order valence-electron chi connectivity index (χ3n) is 4.09. The van der Waals surface area contributed by atoms with Gasteiger partial charge in [-0.05, 0) is 36.4 Å². The molecule has 7 nitrogen and oxygen atoms in total. The first-order chi connectivity index (χ1) is 14.1. The van der Waals surface area contributed by atoms with Crippen LogP contribution in [0.3, 0.4) is 0 Å². The number of anilines is 1. The maximum absolute atomic E-state index is 12.4. The van der Waals surface area contributed by atoms with Gasteiger partial charge < -0.3 is 10.1 Å². The molecule has 0 unspecified atom stereocenters. The van der Waals surface area contributed by atoms with E-state index >= 15 is 0 Å². The molecule has 2 heterocycles. The Morgan fingerprint density at radius 2 is 1.90 bits per heavy atom. The van der Waals surface area contributed by atoms with E-state index in [9.17, 15) is 4.79 Å². The Morgan fingerprint density at radius 3 is 2.69 bits per heavy atom. The van der Waals surface area contributed by atoms with E-state index in [-0.39, 0.29) is 11.7 Å². The number of rotatable bonds is 6. The largest absolute Gasteiger partial charge is 0.495 e. The number of fused-ring (bicyclic) bond motifs is 1. The van der Waals surface area contributed by atoms with Crippen LogP contribution in [0.4, 0.5) is 5.69 Å². The molecule has 0 aliphatic carbocycles. The van der Waals surface area contributed by atoms with Crippen LogP contribution in [-0.4, -0.2) is 38.6 Å². The predicted molar refractivity (Wildman–Crippen MR) is 114 cm³/mol. The smallest absolute Gasteiger partial charge is 0.234 e. The molecule has 0 radical (unpaired) electrons. The number of hydrogen-bond donors (Lipinski definition) is 1. The van der Waals surface area contributed by atoms with E-state index < -0.39 is 0 Å². The summed E-state index contributed by atoms with van der Waals surface area (Å²) in [6.07, 6.45) is 0. The number of hydrogen-bond acceptors (Lipinski definition) is 6. The summed E-state index contributed by atoms with van der Waals surface area (Å²) in [4.78, 5) is 12.4. The molecule has 2 aromatic heterocycles. The van der Waals surface area contributed by atoms with E-state index in [1.165, 1.54) is 11.8 Å². The van der Waals surface area contributed by atoms with Crippen LogP contribution in [-0.2, 0) is 4.79 Å². The van der Waals surface area contributed by atoms with Crippen molar-refractivity contribution in [2.24, 2.45) is 0 Å². The second-order valence-corrected chi connectivity index (χ2v) is 7.39. The maximum Gasteiger partial charge on any atom is 0.234 e. The Balaban J connectivity index is 1.50.